The van der Waals surface area contributed by atoms with Crippen LogP contribution >= 0.6 is 0 Å². The molecule has 0 aliphatic carbocycles. The van der Waals surface area contributed by atoms with Crippen molar-refractivity contribution in [3.63, 3.8) is 0 Å². The zero-order valence-electron chi connectivity index (χ0n) is 11.4. The minimum absolute atomic E-state index is 0.0612. The summed E-state index contributed by atoms with van der Waals surface area (Å²) in [5.41, 5.74) is 0.270. The molecule has 0 aliphatic heterocycles. The highest BCUT2D eigenvalue weighted by Crippen LogP contribution is 2.11. The van der Waals surface area contributed by atoms with Crippen LogP contribution in [0.1, 0.15) is 35.4 Å². The molecule has 110 valence electrons. The Bertz CT molecular complexity index is 636. The lowest BCUT2D eigenvalue weighted by atomic mass is 10.2. The lowest BCUT2D eigenvalue weighted by Gasteiger charge is -2.01. The van der Waals surface area contributed by atoms with Crippen LogP contribution in [0.5, 0.6) is 0 Å². The van der Waals surface area contributed by atoms with E-state index in [1.165, 1.54) is 24.3 Å². The van der Waals surface area contributed by atoms with E-state index in [-0.39, 0.29) is 18.1 Å². The number of hydrogen-bond acceptors (Lipinski definition) is 6. The van der Waals surface area contributed by atoms with Crippen molar-refractivity contribution in [1.82, 2.24) is 15.5 Å². The monoisotopic (exact) mass is 290 g/mol. The van der Waals surface area contributed by atoms with Gasteiger partial charge in [0.15, 0.2) is 5.82 Å². The van der Waals surface area contributed by atoms with E-state index in [1.54, 1.807) is 0 Å². The van der Waals surface area contributed by atoms with Crippen LogP contribution in [0.3, 0.4) is 0 Å². The fraction of sp³-hybridized carbons (Fsp3) is 0.308. The predicted molar refractivity (Wildman–Crippen MR) is 72.6 cm³/mol. The third-order valence-corrected chi connectivity index (χ3v) is 2.72. The summed E-state index contributed by atoms with van der Waals surface area (Å²) in [5, 5.41) is 16.9. The topological polar surface area (TPSA) is 111 Å². The number of nitrogens with one attached hydrogen (secondary N) is 1. The van der Waals surface area contributed by atoms with Gasteiger partial charge in [-0.15, -0.1) is 0 Å². The number of aromatic nitrogens is 2. The summed E-state index contributed by atoms with van der Waals surface area (Å²) >= 11 is 0. The van der Waals surface area contributed by atoms with E-state index in [1.807, 2.05) is 6.92 Å². The van der Waals surface area contributed by atoms with Gasteiger partial charge < -0.3 is 9.84 Å². The van der Waals surface area contributed by atoms with Crippen molar-refractivity contribution in [2.75, 3.05) is 0 Å². The van der Waals surface area contributed by atoms with E-state index in [9.17, 15) is 14.9 Å². The molecule has 0 saturated carbocycles. The SMILES string of the molecule is CCCc1nc(CNC(=O)c2ccc([N+](=O)[O-])cc2)no1. The number of nitro benzene ring substituents is 1. The molecular formula is C13H14N4O4. The van der Waals surface area contributed by atoms with Gasteiger partial charge in [0.2, 0.25) is 5.89 Å². The molecule has 1 amide bonds. The van der Waals surface area contributed by atoms with Gasteiger partial charge in [0.25, 0.3) is 11.6 Å². The maximum absolute atomic E-state index is 11.9. The molecule has 21 heavy (non-hydrogen) atoms. The van der Waals surface area contributed by atoms with Gasteiger partial charge in [0.05, 0.1) is 11.5 Å². The van der Waals surface area contributed by atoms with Gasteiger partial charge >= 0.3 is 0 Å². The second kappa shape index (κ2) is 6.60. The Hall–Kier alpha value is -2.77. The molecule has 1 N–H and O–H groups in total. The van der Waals surface area contributed by atoms with Gasteiger partial charge in [0, 0.05) is 24.1 Å². The number of hydrogen-bond donors (Lipinski definition) is 1. The number of nitrogens with zero attached hydrogens (tertiary/aromatic N) is 3. The van der Waals surface area contributed by atoms with Gasteiger partial charge in [-0.3, -0.25) is 14.9 Å². The van der Waals surface area contributed by atoms with Crippen LogP contribution in [0.25, 0.3) is 0 Å². The van der Waals surface area contributed by atoms with Gasteiger partial charge in [0.1, 0.15) is 0 Å². The van der Waals surface area contributed by atoms with Crippen LogP contribution in [0.15, 0.2) is 28.8 Å². The first-order chi connectivity index (χ1) is 10.1. The smallest absolute Gasteiger partial charge is 0.269 e. The number of carbonyl (C=O) groups excluding carboxylic acids is 1. The molecule has 1 heterocycles. The molecular weight excluding hydrogens is 276 g/mol. The van der Waals surface area contributed by atoms with Crippen molar-refractivity contribution < 1.29 is 14.2 Å². The summed E-state index contributed by atoms with van der Waals surface area (Å²) in [4.78, 5) is 26.0. The molecule has 0 unspecified atom stereocenters. The third kappa shape index (κ3) is 3.85. The lowest BCUT2D eigenvalue weighted by Crippen LogP contribution is -2.23. The molecule has 0 atom stereocenters. The van der Waals surface area contributed by atoms with Crippen molar-refractivity contribution >= 4 is 11.6 Å². The van der Waals surface area contributed by atoms with Crippen LogP contribution < -0.4 is 5.32 Å². The first-order valence-electron chi connectivity index (χ1n) is 6.44. The molecule has 0 radical (unpaired) electrons. The second-order valence-corrected chi connectivity index (χ2v) is 4.34. The summed E-state index contributed by atoms with van der Waals surface area (Å²) in [6.07, 6.45) is 1.60. The summed E-state index contributed by atoms with van der Waals surface area (Å²) in [7, 11) is 0. The first-order valence-corrected chi connectivity index (χ1v) is 6.44. The Morgan fingerprint density at radius 2 is 2.10 bits per heavy atom. The molecule has 0 saturated heterocycles. The molecule has 0 spiro atoms. The van der Waals surface area contributed by atoms with Crippen LogP contribution in [0.4, 0.5) is 5.69 Å². The maximum atomic E-state index is 11.9. The summed E-state index contributed by atoms with van der Waals surface area (Å²) in [6.45, 7) is 2.14. The minimum Gasteiger partial charge on any atom is -0.345 e. The summed E-state index contributed by atoms with van der Waals surface area (Å²) < 4.78 is 5.00. The number of non-ortho nitro benzene ring substituents is 1. The molecule has 8 heteroatoms. The molecule has 1 aromatic carbocycles. The molecule has 2 rings (SSSR count). The molecule has 0 fully saturated rings. The molecule has 0 bridgehead atoms. The Morgan fingerprint density at radius 3 is 2.71 bits per heavy atom. The average Bonchev–Trinajstić information content (AvgIpc) is 2.93. The fourth-order valence-electron chi connectivity index (χ4n) is 1.67. The van der Waals surface area contributed by atoms with Crippen molar-refractivity contribution in [3.8, 4) is 0 Å². The Labute approximate surface area is 120 Å². The van der Waals surface area contributed by atoms with Crippen LogP contribution in [0.2, 0.25) is 0 Å². The minimum atomic E-state index is -0.518. The largest absolute Gasteiger partial charge is 0.345 e. The molecule has 0 aliphatic rings. The van der Waals surface area contributed by atoms with Crippen LogP contribution in [-0.2, 0) is 13.0 Å². The fourth-order valence-corrected chi connectivity index (χ4v) is 1.67. The Balaban J connectivity index is 1.92. The van der Waals surface area contributed by atoms with Gasteiger partial charge in [-0.2, -0.15) is 4.98 Å². The van der Waals surface area contributed by atoms with Crippen molar-refractivity contribution in [3.05, 3.63) is 51.7 Å². The standard InChI is InChI=1S/C13H14N4O4/c1-2-3-12-15-11(16-21-12)8-14-13(18)9-4-6-10(7-5-9)17(19)20/h4-7H,2-3,8H2,1H3,(H,14,18). The van der Waals surface area contributed by atoms with Gasteiger partial charge in [-0.05, 0) is 18.6 Å². The van der Waals surface area contributed by atoms with Crippen molar-refractivity contribution in [1.29, 1.82) is 0 Å². The maximum Gasteiger partial charge on any atom is 0.269 e. The quantitative estimate of drug-likeness (QED) is 0.642. The zero-order valence-corrected chi connectivity index (χ0v) is 11.4. The second-order valence-electron chi connectivity index (χ2n) is 4.34. The normalized spacial score (nSPS) is 10.3. The highest BCUT2D eigenvalue weighted by Gasteiger charge is 2.11. The summed E-state index contributed by atoms with van der Waals surface area (Å²) in [6, 6.07) is 5.35. The number of aryl methyl sites for hydroxylation is 1. The van der Waals surface area contributed by atoms with E-state index in [2.05, 4.69) is 15.5 Å². The van der Waals surface area contributed by atoms with Crippen molar-refractivity contribution in [2.45, 2.75) is 26.3 Å². The van der Waals surface area contributed by atoms with E-state index in [4.69, 9.17) is 4.52 Å². The van der Waals surface area contributed by atoms with Gasteiger partial charge in [-0.25, -0.2) is 0 Å². The van der Waals surface area contributed by atoms with Crippen LogP contribution in [0, 0.1) is 10.1 Å². The predicted octanol–water partition coefficient (Wildman–Crippen LogP) is 1.86. The highest BCUT2D eigenvalue weighted by atomic mass is 16.6. The third-order valence-electron chi connectivity index (χ3n) is 2.72. The van der Waals surface area contributed by atoms with E-state index in [0.29, 0.717) is 23.7 Å². The molecule has 8 nitrogen and oxygen atoms in total. The summed E-state index contributed by atoms with van der Waals surface area (Å²) in [5.74, 6) is 0.581. The number of benzene rings is 1. The number of rotatable bonds is 6. The Morgan fingerprint density at radius 1 is 1.38 bits per heavy atom. The van der Waals surface area contributed by atoms with E-state index < -0.39 is 4.92 Å². The highest BCUT2D eigenvalue weighted by molar-refractivity contribution is 5.94. The van der Waals surface area contributed by atoms with Gasteiger partial charge in [-0.1, -0.05) is 12.1 Å². The number of amides is 1. The lowest BCUT2D eigenvalue weighted by molar-refractivity contribution is -0.384. The number of nitro groups is 1. The van der Waals surface area contributed by atoms with E-state index in [0.717, 1.165) is 6.42 Å². The molecule has 2 aromatic rings. The average molecular weight is 290 g/mol. The first kappa shape index (κ1) is 14.6. The molecule has 1 aromatic heterocycles. The number of carbonyl (C=O) groups is 1. The Kier molecular flexibility index (Phi) is 4.60. The van der Waals surface area contributed by atoms with E-state index >= 15 is 0 Å². The van der Waals surface area contributed by atoms with Crippen molar-refractivity contribution in [2.24, 2.45) is 0 Å². The zero-order chi connectivity index (χ0) is 15.2. The van der Waals surface area contributed by atoms with Crippen LogP contribution in [-0.4, -0.2) is 21.0 Å².